The Kier molecular flexibility index (Phi) is 5.17. The second-order valence-corrected chi connectivity index (χ2v) is 6.35. The zero-order chi connectivity index (χ0) is 18.7. The van der Waals surface area contributed by atoms with Crippen molar-refractivity contribution in [1.29, 1.82) is 0 Å². The van der Waals surface area contributed by atoms with Crippen LogP contribution in [-0.2, 0) is 4.79 Å². The van der Waals surface area contributed by atoms with Gasteiger partial charge in [-0.25, -0.2) is 4.98 Å². The summed E-state index contributed by atoms with van der Waals surface area (Å²) in [4.78, 5) is 31.9. The molecular formula is C16H16ClN5O4. The lowest BCUT2D eigenvalue weighted by atomic mass is 9.98. The van der Waals surface area contributed by atoms with Gasteiger partial charge in [-0.05, 0) is 37.1 Å². The predicted octanol–water partition coefficient (Wildman–Crippen LogP) is 3.08. The molecule has 0 radical (unpaired) electrons. The van der Waals surface area contributed by atoms with E-state index in [0.717, 1.165) is 6.20 Å². The summed E-state index contributed by atoms with van der Waals surface area (Å²) in [7, 11) is 0. The normalized spacial score (nSPS) is 17.0. The van der Waals surface area contributed by atoms with Crippen molar-refractivity contribution in [2.24, 2.45) is 5.92 Å². The van der Waals surface area contributed by atoms with E-state index in [2.05, 4.69) is 15.3 Å². The minimum atomic E-state index is -0.911. The second kappa shape index (κ2) is 7.52. The molecule has 1 fully saturated rings. The first-order valence-electron chi connectivity index (χ1n) is 7.96. The van der Waals surface area contributed by atoms with Crippen LogP contribution in [0.3, 0.4) is 0 Å². The van der Waals surface area contributed by atoms with E-state index in [1.807, 2.05) is 0 Å². The Labute approximate surface area is 153 Å². The first-order valence-corrected chi connectivity index (χ1v) is 8.33. The number of aliphatic carboxylic acids is 1. The van der Waals surface area contributed by atoms with E-state index in [1.165, 1.54) is 0 Å². The average Bonchev–Trinajstić information content (AvgIpc) is 2.63. The fourth-order valence-electron chi connectivity index (χ4n) is 2.82. The van der Waals surface area contributed by atoms with E-state index in [-0.39, 0.29) is 24.0 Å². The minimum Gasteiger partial charge on any atom is -0.481 e. The number of anilines is 3. The Morgan fingerprint density at radius 2 is 2.12 bits per heavy atom. The first kappa shape index (κ1) is 17.9. The van der Waals surface area contributed by atoms with E-state index in [0.29, 0.717) is 30.1 Å². The maximum absolute atomic E-state index is 11.3. The van der Waals surface area contributed by atoms with Gasteiger partial charge in [0.1, 0.15) is 6.20 Å². The number of carboxylic acids is 1. The molecule has 1 aromatic carbocycles. The summed E-state index contributed by atoms with van der Waals surface area (Å²) in [5, 5.41) is 24.1. The number of benzene rings is 1. The summed E-state index contributed by atoms with van der Waals surface area (Å²) in [6.07, 6.45) is 2.30. The third-order valence-corrected chi connectivity index (χ3v) is 4.37. The lowest BCUT2D eigenvalue weighted by Crippen LogP contribution is -2.39. The number of aromatic nitrogens is 2. The van der Waals surface area contributed by atoms with Gasteiger partial charge < -0.3 is 15.3 Å². The highest BCUT2D eigenvalue weighted by Crippen LogP contribution is 2.30. The van der Waals surface area contributed by atoms with Crippen molar-refractivity contribution in [3.05, 3.63) is 45.6 Å². The molecular weight excluding hydrogens is 362 g/mol. The molecule has 1 atom stereocenters. The zero-order valence-electron chi connectivity index (χ0n) is 13.6. The summed E-state index contributed by atoms with van der Waals surface area (Å²) in [5.74, 6) is -1.19. The lowest BCUT2D eigenvalue weighted by molar-refractivity contribution is -0.384. The van der Waals surface area contributed by atoms with Crippen LogP contribution in [0.5, 0.6) is 0 Å². The van der Waals surface area contributed by atoms with Crippen molar-refractivity contribution in [1.82, 2.24) is 9.97 Å². The molecule has 1 unspecified atom stereocenters. The number of hydrogen-bond acceptors (Lipinski definition) is 7. The Hall–Kier alpha value is -2.94. The molecule has 0 bridgehead atoms. The van der Waals surface area contributed by atoms with Crippen molar-refractivity contribution < 1.29 is 14.8 Å². The molecule has 136 valence electrons. The molecule has 0 saturated carbocycles. The standard InChI is InChI=1S/C16H16ClN5O4/c17-11-3-5-12(6-4-11)19-16-18-8-13(22(25)26)14(20-16)21-7-1-2-10(9-21)15(23)24/h3-6,8,10H,1-2,7,9H2,(H,23,24)(H,18,19,20). The van der Waals surface area contributed by atoms with Crippen LogP contribution in [0.15, 0.2) is 30.5 Å². The Morgan fingerprint density at radius 1 is 1.38 bits per heavy atom. The third-order valence-electron chi connectivity index (χ3n) is 4.12. The fourth-order valence-corrected chi connectivity index (χ4v) is 2.95. The van der Waals surface area contributed by atoms with Crippen molar-refractivity contribution in [3.8, 4) is 0 Å². The van der Waals surface area contributed by atoms with Crippen LogP contribution in [0, 0.1) is 16.0 Å². The van der Waals surface area contributed by atoms with Gasteiger partial charge in [-0.1, -0.05) is 11.6 Å². The highest BCUT2D eigenvalue weighted by atomic mass is 35.5. The minimum absolute atomic E-state index is 0.118. The first-order chi connectivity index (χ1) is 12.4. The van der Waals surface area contributed by atoms with Crippen molar-refractivity contribution in [2.45, 2.75) is 12.8 Å². The molecule has 10 heteroatoms. The molecule has 0 spiro atoms. The fraction of sp³-hybridized carbons (Fsp3) is 0.312. The summed E-state index contributed by atoms with van der Waals surface area (Å²) in [6.45, 7) is 0.676. The number of nitrogens with zero attached hydrogens (tertiary/aromatic N) is 4. The number of halogens is 1. The number of nitrogens with one attached hydrogen (secondary N) is 1. The Balaban J connectivity index is 1.90. The van der Waals surface area contributed by atoms with Crippen LogP contribution in [0.2, 0.25) is 5.02 Å². The van der Waals surface area contributed by atoms with Crippen LogP contribution in [0.4, 0.5) is 23.1 Å². The summed E-state index contributed by atoms with van der Waals surface area (Å²) >= 11 is 5.85. The summed E-state index contributed by atoms with van der Waals surface area (Å²) < 4.78 is 0. The van der Waals surface area contributed by atoms with Crippen molar-refractivity contribution in [3.63, 3.8) is 0 Å². The third kappa shape index (κ3) is 3.99. The molecule has 26 heavy (non-hydrogen) atoms. The monoisotopic (exact) mass is 377 g/mol. The second-order valence-electron chi connectivity index (χ2n) is 5.91. The number of carboxylic acid groups (broad SMARTS) is 1. The Morgan fingerprint density at radius 3 is 2.77 bits per heavy atom. The van der Waals surface area contributed by atoms with Gasteiger partial charge in [0.25, 0.3) is 0 Å². The Bertz CT molecular complexity index is 830. The van der Waals surface area contributed by atoms with Gasteiger partial charge in [0, 0.05) is 23.8 Å². The highest BCUT2D eigenvalue weighted by molar-refractivity contribution is 6.30. The molecule has 9 nitrogen and oxygen atoms in total. The number of hydrogen-bond donors (Lipinski definition) is 2. The van der Waals surface area contributed by atoms with Crippen LogP contribution in [0.1, 0.15) is 12.8 Å². The van der Waals surface area contributed by atoms with E-state index in [4.69, 9.17) is 11.6 Å². The van der Waals surface area contributed by atoms with Gasteiger partial charge in [-0.2, -0.15) is 4.98 Å². The van der Waals surface area contributed by atoms with Crippen LogP contribution in [-0.4, -0.2) is 39.1 Å². The van der Waals surface area contributed by atoms with Crippen molar-refractivity contribution >= 4 is 40.7 Å². The number of rotatable bonds is 5. The summed E-state index contributed by atoms with van der Waals surface area (Å²) in [5.41, 5.74) is 0.425. The quantitative estimate of drug-likeness (QED) is 0.602. The molecule has 1 aromatic heterocycles. The van der Waals surface area contributed by atoms with Crippen molar-refractivity contribution in [2.75, 3.05) is 23.3 Å². The molecule has 0 amide bonds. The molecule has 1 aliphatic heterocycles. The van der Waals surface area contributed by atoms with Gasteiger partial charge in [0.2, 0.25) is 11.8 Å². The summed E-state index contributed by atoms with van der Waals surface area (Å²) in [6, 6.07) is 6.85. The molecule has 1 saturated heterocycles. The zero-order valence-corrected chi connectivity index (χ0v) is 14.4. The largest absolute Gasteiger partial charge is 0.481 e. The van der Waals surface area contributed by atoms with Gasteiger partial charge in [0.15, 0.2) is 0 Å². The van der Waals surface area contributed by atoms with Crippen LogP contribution >= 0.6 is 11.6 Å². The highest BCUT2D eigenvalue weighted by Gasteiger charge is 2.30. The van der Waals surface area contributed by atoms with Gasteiger partial charge in [0.05, 0.1) is 10.8 Å². The predicted molar refractivity (Wildman–Crippen MR) is 96.0 cm³/mol. The number of nitro groups is 1. The maximum Gasteiger partial charge on any atom is 0.329 e. The maximum atomic E-state index is 11.3. The number of piperidine rings is 1. The SMILES string of the molecule is O=C(O)C1CCCN(c2nc(Nc3ccc(Cl)cc3)ncc2[N+](=O)[O-])C1. The van der Waals surface area contributed by atoms with Gasteiger partial charge >= 0.3 is 11.7 Å². The smallest absolute Gasteiger partial charge is 0.329 e. The molecule has 2 heterocycles. The molecule has 1 aliphatic rings. The van der Waals surface area contributed by atoms with E-state index >= 15 is 0 Å². The average molecular weight is 378 g/mol. The molecule has 2 aromatic rings. The molecule has 2 N–H and O–H groups in total. The van der Waals surface area contributed by atoms with Crippen LogP contribution in [0.25, 0.3) is 0 Å². The molecule has 3 rings (SSSR count). The number of carbonyl (C=O) groups is 1. The van der Waals surface area contributed by atoms with Gasteiger partial charge in [-0.15, -0.1) is 0 Å². The lowest BCUT2D eigenvalue weighted by Gasteiger charge is -2.31. The van der Waals surface area contributed by atoms with Gasteiger partial charge in [-0.3, -0.25) is 14.9 Å². The van der Waals surface area contributed by atoms with Crippen LogP contribution < -0.4 is 10.2 Å². The molecule has 0 aliphatic carbocycles. The van der Waals surface area contributed by atoms with E-state index in [1.54, 1.807) is 29.2 Å². The topological polar surface area (TPSA) is 121 Å². The van der Waals surface area contributed by atoms with E-state index in [9.17, 15) is 20.0 Å². The van der Waals surface area contributed by atoms with E-state index < -0.39 is 16.8 Å².